The lowest BCUT2D eigenvalue weighted by molar-refractivity contribution is -0.133. The van der Waals surface area contributed by atoms with Gasteiger partial charge < -0.3 is 9.47 Å². The molecule has 28 heavy (non-hydrogen) atoms. The van der Waals surface area contributed by atoms with Crippen molar-refractivity contribution in [2.45, 2.75) is 39.7 Å². The van der Waals surface area contributed by atoms with Gasteiger partial charge in [0.1, 0.15) is 17.3 Å². The number of hydrogen-bond donors (Lipinski definition) is 2. The monoisotopic (exact) mass is 388 g/mol. The lowest BCUT2D eigenvalue weighted by Crippen LogP contribution is -2.48. The van der Waals surface area contributed by atoms with Gasteiger partial charge in [-0.3, -0.25) is 20.4 Å². The maximum atomic E-state index is 12.9. The molecule has 0 aliphatic carbocycles. The van der Waals surface area contributed by atoms with Gasteiger partial charge in [-0.15, -0.1) is 0 Å². The fraction of sp³-hybridized carbons (Fsp3) is 0.333. The van der Waals surface area contributed by atoms with E-state index in [-0.39, 0.29) is 6.61 Å². The van der Waals surface area contributed by atoms with Crippen molar-refractivity contribution in [3.8, 4) is 11.5 Å². The van der Waals surface area contributed by atoms with Gasteiger partial charge in [-0.05, 0) is 67.3 Å². The smallest absolute Gasteiger partial charge is 0.279 e. The van der Waals surface area contributed by atoms with Gasteiger partial charge >= 0.3 is 0 Å². The molecule has 0 bridgehead atoms. The molecular weight excluding hydrogens is 363 g/mol. The number of hydrazine groups is 1. The molecule has 0 spiro atoms. The van der Waals surface area contributed by atoms with Gasteiger partial charge in [0.05, 0.1) is 0 Å². The van der Waals surface area contributed by atoms with Gasteiger partial charge in [0.2, 0.25) is 0 Å². The van der Waals surface area contributed by atoms with Crippen molar-refractivity contribution in [3.05, 3.63) is 59.4 Å². The zero-order valence-electron chi connectivity index (χ0n) is 16.4. The van der Waals surface area contributed by atoms with Crippen LogP contribution in [0.25, 0.3) is 0 Å². The van der Waals surface area contributed by atoms with E-state index in [0.29, 0.717) is 17.4 Å². The average Bonchev–Trinajstić information content (AvgIpc) is 2.65. The summed E-state index contributed by atoms with van der Waals surface area (Å²) in [7, 11) is 0. The van der Waals surface area contributed by atoms with Crippen molar-refractivity contribution in [1.82, 2.24) is 10.9 Å². The van der Waals surface area contributed by atoms with Crippen LogP contribution in [0.3, 0.4) is 0 Å². The molecule has 0 aliphatic heterocycles. The molecule has 0 saturated heterocycles. The van der Waals surface area contributed by atoms with Crippen molar-refractivity contribution >= 4 is 11.8 Å². The first-order valence-corrected chi connectivity index (χ1v) is 9.00. The molecule has 0 radical (unpaired) electrons. The van der Waals surface area contributed by atoms with Gasteiger partial charge in [0, 0.05) is 0 Å². The molecule has 2 rings (SSSR count). The maximum Gasteiger partial charge on any atom is 0.279 e. The Balaban J connectivity index is 1.76. The molecule has 0 aliphatic rings. The first-order valence-electron chi connectivity index (χ1n) is 9.00. The predicted octanol–water partition coefficient (Wildman–Crippen LogP) is 3.25. The summed E-state index contributed by atoms with van der Waals surface area (Å²) in [6.07, 6.45) is -0.877. The summed E-state index contributed by atoms with van der Waals surface area (Å²) in [6, 6.07) is 11.0. The lowest BCUT2D eigenvalue weighted by atomic mass is 9.98. The van der Waals surface area contributed by atoms with Gasteiger partial charge in [0.25, 0.3) is 11.8 Å². The number of carbonyl (C=O) groups is 2. The minimum Gasteiger partial charge on any atom is -0.484 e. The molecular formula is C21H25FN2O4. The summed E-state index contributed by atoms with van der Waals surface area (Å²) < 4.78 is 23.7. The molecule has 0 aromatic heterocycles. The van der Waals surface area contributed by atoms with Gasteiger partial charge in [-0.1, -0.05) is 19.9 Å². The summed E-state index contributed by atoms with van der Waals surface area (Å²) in [5.41, 5.74) is 6.85. The highest BCUT2D eigenvalue weighted by atomic mass is 19.1. The van der Waals surface area contributed by atoms with E-state index in [9.17, 15) is 14.0 Å². The number of aryl methyl sites for hydroxylation is 1. The Bertz CT molecular complexity index is 822. The molecule has 0 saturated carbocycles. The van der Waals surface area contributed by atoms with Crippen LogP contribution in [0.1, 0.15) is 37.8 Å². The molecule has 0 fully saturated rings. The molecule has 150 valence electrons. The van der Waals surface area contributed by atoms with E-state index in [4.69, 9.17) is 9.47 Å². The number of nitrogens with one attached hydrogen (secondary N) is 2. The van der Waals surface area contributed by atoms with Crippen LogP contribution < -0.4 is 20.3 Å². The second-order valence-electron chi connectivity index (χ2n) is 6.71. The lowest BCUT2D eigenvalue weighted by Gasteiger charge is -2.15. The van der Waals surface area contributed by atoms with E-state index < -0.39 is 23.7 Å². The Kier molecular flexibility index (Phi) is 7.37. The number of amides is 2. The predicted molar refractivity (Wildman–Crippen MR) is 104 cm³/mol. The number of benzene rings is 2. The van der Waals surface area contributed by atoms with Crippen LogP contribution in [0.15, 0.2) is 42.5 Å². The van der Waals surface area contributed by atoms with Crippen LogP contribution in [-0.4, -0.2) is 24.5 Å². The summed E-state index contributed by atoms with van der Waals surface area (Å²) in [6.45, 7) is 7.49. The Morgan fingerprint density at radius 2 is 1.64 bits per heavy atom. The SMILES string of the molecule is Cc1cc(OCC(=O)NNC(=O)[C@@H](C)Oc2ccc(F)cc2)ccc1C(C)C. The van der Waals surface area contributed by atoms with Crippen LogP contribution >= 0.6 is 0 Å². The van der Waals surface area contributed by atoms with Crippen LogP contribution in [0.5, 0.6) is 11.5 Å². The quantitative estimate of drug-likeness (QED) is 0.714. The van der Waals surface area contributed by atoms with E-state index in [1.165, 1.54) is 36.8 Å². The third kappa shape index (κ3) is 6.26. The minimum absolute atomic E-state index is 0.242. The van der Waals surface area contributed by atoms with Crippen LogP contribution in [0.2, 0.25) is 0 Å². The standard InChI is InChI=1S/C21H25FN2O4/c1-13(2)19-10-9-18(11-14(19)3)27-12-20(25)23-24-21(26)15(4)28-17-7-5-16(22)6-8-17/h5-11,13,15H,12H2,1-4H3,(H,23,25)(H,24,26)/t15-/m1/s1. The second-order valence-corrected chi connectivity index (χ2v) is 6.71. The summed E-state index contributed by atoms with van der Waals surface area (Å²) in [5, 5.41) is 0. The van der Waals surface area contributed by atoms with Gasteiger partial charge in [-0.2, -0.15) is 0 Å². The molecule has 2 N–H and O–H groups in total. The summed E-state index contributed by atoms with van der Waals surface area (Å²) in [5.74, 6) is -0.115. The molecule has 1 atom stereocenters. The number of ether oxygens (including phenoxy) is 2. The van der Waals surface area contributed by atoms with Crippen LogP contribution in [0, 0.1) is 12.7 Å². The van der Waals surface area contributed by atoms with E-state index in [1.807, 2.05) is 25.1 Å². The highest BCUT2D eigenvalue weighted by molar-refractivity contribution is 5.85. The van der Waals surface area contributed by atoms with Crippen molar-refractivity contribution in [1.29, 1.82) is 0 Å². The molecule has 0 heterocycles. The Morgan fingerprint density at radius 1 is 1.00 bits per heavy atom. The fourth-order valence-electron chi connectivity index (χ4n) is 2.57. The topological polar surface area (TPSA) is 76.7 Å². The zero-order chi connectivity index (χ0) is 20.7. The Morgan fingerprint density at radius 3 is 2.25 bits per heavy atom. The molecule has 0 unspecified atom stereocenters. The van der Waals surface area contributed by atoms with Crippen LogP contribution in [-0.2, 0) is 9.59 Å². The van der Waals surface area contributed by atoms with Gasteiger partial charge in [-0.25, -0.2) is 4.39 Å². The number of rotatable bonds is 7. The molecule has 2 aromatic rings. The van der Waals surface area contributed by atoms with Crippen molar-refractivity contribution < 1.29 is 23.5 Å². The molecule has 2 amide bonds. The van der Waals surface area contributed by atoms with E-state index in [2.05, 4.69) is 24.7 Å². The fourth-order valence-corrected chi connectivity index (χ4v) is 2.57. The minimum atomic E-state index is -0.877. The normalized spacial score (nSPS) is 11.6. The van der Waals surface area contributed by atoms with Crippen molar-refractivity contribution in [2.24, 2.45) is 0 Å². The van der Waals surface area contributed by atoms with Crippen molar-refractivity contribution in [3.63, 3.8) is 0 Å². The third-order valence-electron chi connectivity index (χ3n) is 4.05. The van der Waals surface area contributed by atoms with Gasteiger partial charge in [0.15, 0.2) is 12.7 Å². The zero-order valence-corrected chi connectivity index (χ0v) is 16.4. The maximum absolute atomic E-state index is 12.9. The largest absolute Gasteiger partial charge is 0.484 e. The van der Waals surface area contributed by atoms with E-state index in [1.54, 1.807) is 0 Å². The molecule has 2 aromatic carbocycles. The number of hydrogen-bond acceptors (Lipinski definition) is 4. The Labute approximate surface area is 164 Å². The third-order valence-corrected chi connectivity index (χ3v) is 4.05. The highest BCUT2D eigenvalue weighted by Gasteiger charge is 2.15. The number of halogens is 1. The van der Waals surface area contributed by atoms with Crippen molar-refractivity contribution in [2.75, 3.05) is 6.61 Å². The van der Waals surface area contributed by atoms with E-state index in [0.717, 1.165) is 5.56 Å². The van der Waals surface area contributed by atoms with E-state index >= 15 is 0 Å². The Hall–Kier alpha value is -3.09. The second kappa shape index (κ2) is 9.73. The average molecular weight is 388 g/mol. The highest BCUT2D eigenvalue weighted by Crippen LogP contribution is 2.23. The summed E-state index contributed by atoms with van der Waals surface area (Å²) >= 11 is 0. The first-order chi connectivity index (χ1) is 13.3. The summed E-state index contributed by atoms with van der Waals surface area (Å²) in [4.78, 5) is 23.8. The first kappa shape index (κ1) is 21.2. The molecule has 7 heteroatoms. The molecule has 6 nitrogen and oxygen atoms in total. The van der Waals surface area contributed by atoms with Crippen LogP contribution in [0.4, 0.5) is 4.39 Å². The number of carbonyl (C=O) groups excluding carboxylic acids is 2.